The number of ether oxygens (including phenoxy) is 1. The molecule has 0 aliphatic carbocycles. The lowest BCUT2D eigenvalue weighted by Crippen LogP contribution is -2.29. The van der Waals surface area contributed by atoms with Crippen molar-refractivity contribution in [2.75, 3.05) is 0 Å². The van der Waals surface area contributed by atoms with Gasteiger partial charge in [-0.2, -0.15) is 0 Å². The van der Waals surface area contributed by atoms with E-state index in [0.29, 0.717) is 6.42 Å². The number of allylic oxidation sites excluding steroid dienone is 1. The van der Waals surface area contributed by atoms with E-state index in [2.05, 4.69) is 4.74 Å². The van der Waals surface area contributed by atoms with E-state index < -0.39 is 5.97 Å². The van der Waals surface area contributed by atoms with E-state index in [1.165, 1.54) is 6.26 Å². The van der Waals surface area contributed by atoms with Crippen molar-refractivity contribution < 1.29 is 14.9 Å². The van der Waals surface area contributed by atoms with Crippen LogP contribution in [0.25, 0.3) is 0 Å². The van der Waals surface area contributed by atoms with Gasteiger partial charge in [0.1, 0.15) is 0 Å². The summed E-state index contributed by atoms with van der Waals surface area (Å²) in [6, 6.07) is 0. The van der Waals surface area contributed by atoms with Crippen molar-refractivity contribution in [3.05, 3.63) is 12.3 Å². The minimum absolute atomic E-state index is 0.220. The summed E-state index contributed by atoms with van der Waals surface area (Å²) in [6.45, 7) is 3.59. The largest absolute Gasteiger partial charge is 0.448 e. The Balaban J connectivity index is 3.62. The Bertz CT molecular complexity index is 107. The molecule has 0 saturated heterocycles. The standard InChI is InChI=1S/C7H14O3/c1-3-5-7(8,9)10-6-4-2/h4,6,8-9H,3,5H2,1-2H3/b6-4+. The zero-order valence-corrected chi connectivity index (χ0v) is 6.37. The maximum Gasteiger partial charge on any atom is 0.321 e. The second-order valence-corrected chi connectivity index (χ2v) is 2.08. The minimum atomic E-state index is -1.98. The second-order valence-electron chi connectivity index (χ2n) is 2.08. The SMILES string of the molecule is C/C=C/OC(O)(O)CCC. The fraction of sp³-hybridized carbons (Fsp3) is 0.714. The topological polar surface area (TPSA) is 49.7 Å². The molecule has 0 saturated carbocycles. The fourth-order valence-corrected chi connectivity index (χ4v) is 0.562. The van der Waals surface area contributed by atoms with Crippen molar-refractivity contribution >= 4 is 0 Å². The number of hydrogen-bond donors (Lipinski definition) is 2. The highest BCUT2D eigenvalue weighted by Crippen LogP contribution is 2.10. The maximum atomic E-state index is 8.93. The first-order chi connectivity index (χ1) is 4.62. The predicted octanol–water partition coefficient (Wildman–Crippen LogP) is 0.975. The van der Waals surface area contributed by atoms with Crippen molar-refractivity contribution in [3.8, 4) is 0 Å². The zero-order valence-electron chi connectivity index (χ0n) is 6.37. The Kier molecular flexibility index (Phi) is 4.07. The smallest absolute Gasteiger partial charge is 0.321 e. The minimum Gasteiger partial charge on any atom is -0.448 e. The van der Waals surface area contributed by atoms with E-state index in [0.717, 1.165) is 0 Å². The Morgan fingerprint density at radius 2 is 2.10 bits per heavy atom. The van der Waals surface area contributed by atoms with Crippen LogP contribution in [0.1, 0.15) is 26.7 Å². The Morgan fingerprint density at radius 1 is 1.50 bits per heavy atom. The summed E-state index contributed by atoms with van der Waals surface area (Å²) in [7, 11) is 0. The Hall–Kier alpha value is -0.540. The molecule has 3 nitrogen and oxygen atoms in total. The van der Waals surface area contributed by atoms with Gasteiger partial charge in [-0.1, -0.05) is 13.0 Å². The molecule has 0 aromatic heterocycles. The summed E-state index contributed by atoms with van der Waals surface area (Å²) in [5.74, 6) is -1.98. The van der Waals surface area contributed by atoms with Crippen molar-refractivity contribution in [3.63, 3.8) is 0 Å². The summed E-state index contributed by atoms with van der Waals surface area (Å²) in [4.78, 5) is 0. The molecule has 0 aliphatic heterocycles. The summed E-state index contributed by atoms with van der Waals surface area (Å²) >= 11 is 0. The second kappa shape index (κ2) is 4.30. The quantitative estimate of drug-likeness (QED) is 0.459. The maximum absolute atomic E-state index is 8.93. The van der Waals surface area contributed by atoms with Crippen molar-refractivity contribution in [1.82, 2.24) is 0 Å². The number of hydrogen-bond acceptors (Lipinski definition) is 3. The highest BCUT2D eigenvalue weighted by molar-refractivity contribution is 4.67. The highest BCUT2D eigenvalue weighted by Gasteiger charge is 2.21. The third kappa shape index (κ3) is 4.35. The number of aliphatic hydroxyl groups is 2. The average molecular weight is 146 g/mol. The van der Waals surface area contributed by atoms with Crippen LogP contribution in [0.4, 0.5) is 0 Å². The van der Waals surface area contributed by atoms with Crippen LogP contribution in [0.15, 0.2) is 12.3 Å². The van der Waals surface area contributed by atoms with E-state index in [-0.39, 0.29) is 6.42 Å². The van der Waals surface area contributed by atoms with E-state index >= 15 is 0 Å². The average Bonchev–Trinajstić information content (AvgIpc) is 1.84. The Labute approximate surface area is 60.9 Å². The molecule has 0 aromatic carbocycles. The summed E-state index contributed by atoms with van der Waals surface area (Å²) in [5.41, 5.74) is 0. The third-order valence-corrected chi connectivity index (χ3v) is 0.969. The van der Waals surface area contributed by atoms with Gasteiger partial charge in [-0.15, -0.1) is 0 Å². The van der Waals surface area contributed by atoms with Crippen molar-refractivity contribution in [1.29, 1.82) is 0 Å². The van der Waals surface area contributed by atoms with Gasteiger partial charge in [0, 0.05) is 6.42 Å². The molecule has 0 unspecified atom stereocenters. The van der Waals surface area contributed by atoms with Crippen LogP contribution in [-0.2, 0) is 4.74 Å². The van der Waals surface area contributed by atoms with Crippen LogP contribution in [0, 0.1) is 0 Å². The van der Waals surface area contributed by atoms with Crippen LogP contribution in [0.2, 0.25) is 0 Å². The van der Waals surface area contributed by atoms with Gasteiger partial charge in [0.25, 0.3) is 0 Å². The molecule has 60 valence electrons. The van der Waals surface area contributed by atoms with Crippen molar-refractivity contribution in [2.24, 2.45) is 0 Å². The molecule has 0 heterocycles. The van der Waals surface area contributed by atoms with Gasteiger partial charge in [-0.3, -0.25) is 0 Å². The van der Waals surface area contributed by atoms with Gasteiger partial charge in [-0.25, -0.2) is 0 Å². The first-order valence-corrected chi connectivity index (χ1v) is 3.36. The molecule has 0 amide bonds. The molecule has 0 bridgehead atoms. The molecule has 0 aromatic rings. The van der Waals surface area contributed by atoms with Gasteiger partial charge in [0.05, 0.1) is 6.26 Å². The van der Waals surface area contributed by atoms with Gasteiger partial charge >= 0.3 is 5.97 Å². The van der Waals surface area contributed by atoms with Crippen LogP contribution in [0.5, 0.6) is 0 Å². The van der Waals surface area contributed by atoms with Crippen LogP contribution in [0.3, 0.4) is 0 Å². The molecule has 0 atom stereocenters. The van der Waals surface area contributed by atoms with E-state index in [4.69, 9.17) is 10.2 Å². The third-order valence-electron chi connectivity index (χ3n) is 0.969. The molecule has 3 heteroatoms. The summed E-state index contributed by atoms with van der Waals surface area (Å²) in [5, 5.41) is 17.9. The molecule has 0 spiro atoms. The zero-order chi connectivity index (χ0) is 8.04. The normalized spacial score (nSPS) is 12.4. The lowest BCUT2D eigenvalue weighted by molar-refractivity contribution is -0.316. The first kappa shape index (κ1) is 9.46. The fourth-order valence-electron chi connectivity index (χ4n) is 0.562. The van der Waals surface area contributed by atoms with E-state index in [9.17, 15) is 0 Å². The molecule has 10 heavy (non-hydrogen) atoms. The first-order valence-electron chi connectivity index (χ1n) is 3.36. The Morgan fingerprint density at radius 3 is 2.50 bits per heavy atom. The lowest BCUT2D eigenvalue weighted by Gasteiger charge is -2.18. The van der Waals surface area contributed by atoms with Gasteiger partial charge in [0.15, 0.2) is 0 Å². The van der Waals surface area contributed by atoms with Gasteiger partial charge in [0.2, 0.25) is 0 Å². The molecule has 0 radical (unpaired) electrons. The number of rotatable bonds is 4. The molecule has 2 N–H and O–H groups in total. The predicted molar refractivity (Wildman–Crippen MR) is 38.0 cm³/mol. The summed E-state index contributed by atoms with van der Waals surface area (Å²) in [6.07, 6.45) is 3.74. The van der Waals surface area contributed by atoms with E-state index in [1.54, 1.807) is 13.0 Å². The van der Waals surface area contributed by atoms with Crippen LogP contribution in [-0.4, -0.2) is 16.2 Å². The monoisotopic (exact) mass is 146 g/mol. The molecule has 0 fully saturated rings. The van der Waals surface area contributed by atoms with Gasteiger partial charge < -0.3 is 14.9 Å². The van der Waals surface area contributed by atoms with Crippen molar-refractivity contribution in [2.45, 2.75) is 32.7 Å². The molecular formula is C7H14O3. The van der Waals surface area contributed by atoms with Crippen LogP contribution >= 0.6 is 0 Å². The highest BCUT2D eigenvalue weighted by atomic mass is 16.8. The summed E-state index contributed by atoms with van der Waals surface area (Å²) < 4.78 is 4.55. The van der Waals surface area contributed by atoms with E-state index in [1.807, 2.05) is 6.92 Å². The lowest BCUT2D eigenvalue weighted by atomic mass is 10.3. The molecular weight excluding hydrogens is 132 g/mol. The van der Waals surface area contributed by atoms with Crippen LogP contribution < -0.4 is 0 Å². The van der Waals surface area contributed by atoms with Gasteiger partial charge in [-0.05, 0) is 13.3 Å². The molecule has 0 rings (SSSR count). The molecule has 0 aliphatic rings.